The summed E-state index contributed by atoms with van der Waals surface area (Å²) in [5.74, 6) is -0.189. The Balaban J connectivity index is 0.00000121. The molecule has 1 atom stereocenters. The fourth-order valence-corrected chi connectivity index (χ4v) is 4.04. The standard InChI is InChI=1S/C15H16BrFN2S.2ClH/c16-12-8-11(9-13(17)10-12)15(14-2-1-7-20-14)19-5-3-18-4-6-19;;/h1-2,7-10,15,18H,3-6H2;2*1H/t15-;;/m1../s1. The summed E-state index contributed by atoms with van der Waals surface area (Å²) in [4.78, 5) is 3.69. The van der Waals surface area contributed by atoms with Crippen molar-refractivity contribution in [3.63, 3.8) is 0 Å². The van der Waals surface area contributed by atoms with E-state index in [2.05, 4.69) is 43.7 Å². The van der Waals surface area contributed by atoms with Crippen molar-refractivity contribution in [3.05, 3.63) is 56.4 Å². The lowest BCUT2D eigenvalue weighted by atomic mass is 10.0. The zero-order valence-electron chi connectivity index (χ0n) is 11.8. The second kappa shape index (κ2) is 9.21. The summed E-state index contributed by atoms with van der Waals surface area (Å²) in [5.41, 5.74) is 1.02. The molecule has 3 rings (SSSR count). The van der Waals surface area contributed by atoms with Gasteiger partial charge in [-0.3, -0.25) is 4.90 Å². The largest absolute Gasteiger partial charge is 0.314 e. The van der Waals surface area contributed by atoms with Gasteiger partial charge in [0.1, 0.15) is 5.82 Å². The summed E-state index contributed by atoms with van der Waals surface area (Å²) in [6.07, 6.45) is 0. The van der Waals surface area contributed by atoms with E-state index in [1.165, 1.54) is 10.9 Å². The third kappa shape index (κ3) is 4.66. The van der Waals surface area contributed by atoms with E-state index in [4.69, 9.17) is 0 Å². The molecule has 0 bridgehead atoms. The first-order valence-corrected chi connectivity index (χ1v) is 8.35. The van der Waals surface area contributed by atoms with Gasteiger partial charge in [-0.2, -0.15) is 0 Å². The van der Waals surface area contributed by atoms with Gasteiger partial charge in [-0.25, -0.2) is 4.39 Å². The van der Waals surface area contributed by atoms with E-state index in [-0.39, 0.29) is 36.7 Å². The number of benzene rings is 1. The Labute approximate surface area is 155 Å². The number of rotatable bonds is 3. The molecule has 0 saturated carbocycles. The maximum Gasteiger partial charge on any atom is 0.124 e. The van der Waals surface area contributed by atoms with Gasteiger partial charge in [-0.15, -0.1) is 36.2 Å². The molecular formula is C15H18BrCl2FN2S. The second-order valence-corrected chi connectivity index (χ2v) is 6.80. The number of hydrogen-bond donors (Lipinski definition) is 1. The minimum Gasteiger partial charge on any atom is -0.314 e. The smallest absolute Gasteiger partial charge is 0.124 e. The maximum absolute atomic E-state index is 13.7. The van der Waals surface area contributed by atoms with Crippen molar-refractivity contribution in [3.8, 4) is 0 Å². The first-order chi connectivity index (χ1) is 9.74. The zero-order valence-corrected chi connectivity index (χ0v) is 15.8. The Bertz CT molecular complexity index is 557. The molecule has 22 heavy (non-hydrogen) atoms. The molecule has 1 aliphatic rings. The number of halogens is 4. The number of nitrogens with zero attached hydrogens (tertiary/aromatic N) is 1. The third-order valence-corrected chi connectivity index (χ3v) is 4.91. The molecule has 0 unspecified atom stereocenters. The molecule has 0 radical (unpaired) electrons. The van der Waals surface area contributed by atoms with Crippen molar-refractivity contribution in [2.45, 2.75) is 6.04 Å². The number of thiophene rings is 1. The lowest BCUT2D eigenvalue weighted by Gasteiger charge is -2.34. The average Bonchev–Trinajstić information content (AvgIpc) is 2.93. The van der Waals surface area contributed by atoms with Gasteiger partial charge in [0, 0.05) is 35.5 Å². The minimum absolute atomic E-state index is 0. The van der Waals surface area contributed by atoms with E-state index < -0.39 is 0 Å². The van der Waals surface area contributed by atoms with Gasteiger partial charge in [-0.1, -0.05) is 22.0 Å². The van der Waals surface area contributed by atoms with Crippen LogP contribution < -0.4 is 5.32 Å². The Morgan fingerprint density at radius 2 is 1.91 bits per heavy atom. The highest BCUT2D eigenvalue weighted by Gasteiger charge is 2.25. The second-order valence-electron chi connectivity index (χ2n) is 4.91. The molecule has 1 fully saturated rings. The van der Waals surface area contributed by atoms with Crippen LogP contribution in [0.2, 0.25) is 0 Å². The summed E-state index contributed by atoms with van der Waals surface area (Å²) in [6, 6.07) is 9.52. The summed E-state index contributed by atoms with van der Waals surface area (Å²) in [7, 11) is 0. The van der Waals surface area contributed by atoms with Crippen LogP contribution in [0.4, 0.5) is 4.39 Å². The monoisotopic (exact) mass is 426 g/mol. The number of piperazine rings is 1. The Morgan fingerprint density at radius 3 is 2.50 bits per heavy atom. The molecule has 2 aromatic rings. The summed E-state index contributed by atoms with van der Waals surface area (Å²) in [6.45, 7) is 3.93. The third-order valence-electron chi connectivity index (χ3n) is 3.53. The van der Waals surface area contributed by atoms with Crippen LogP contribution in [-0.2, 0) is 0 Å². The summed E-state index contributed by atoms with van der Waals surface area (Å²) in [5, 5.41) is 5.45. The molecule has 1 N–H and O–H groups in total. The topological polar surface area (TPSA) is 15.3 Å². The molecule has 0 spiro atoms. The molecule has 7 heteroatoms. The molecule has 2 nitrogen and oxygen atoms in total. The molecule has 122 valence electrons. The van der Waals surface area contributed by atoms with Crippen LogP contribution in [0.1, 0.15) is 16.5 Å². The van der Waals surface area contributed by atoms with Crippen LogP contribution in [0.5, 0.6) is 0 Å². The lowest BCUT2D eigenvalue weighted by molar-refractivity contribution is 0.200. The average molecular weight is 428 g/mol. The van der Waals surface area contributed by atoms with Crippen molar-refractivity contribution >= 4 is 52.1 Å². The van der Waals surface area contributed by atoms with Gasteiger partial charge >= 0.3 is 0 Å². The molecule has 2 heterocycles. The van der Waals surface area contributed by atoms with Crippen molar-refractivity contribution in [2.24, 2.45) is 0 Å². The van der Waals surface area contributed by atoms with Gasteiger partial charge in [-0.05, 0) is 35.2 Å². The zero-order chi connectivity index (χ0) is 13.9. The van der Waals surface area contributed by atoms with Crippen LogP contribution >= 0.6 is 52.1 Å². The first kappa shape index (κ1) is 19.9. The fourth-order valence-electron chi connectivity index (χ4n) is 2.68. The van der Waals surface area contributed by atoms with Gasteiger partial charge < -0.3 is 5.32 Å². The van der Waals surface area contributed by atoms with Crippen LogP contribution in [0.3, 0.4) is 0 Å². The molecular weight excluding hydrogens is 410 g/mol. The van der Waals surface area contributed by atoms with Crippen LogP contribution in [0.15, 0.2) is 40.2 Å². The molecule has 1 aromatic heterocycles. The highest BCUT2D eigenvalue weighted by Crippen LogP contribution is 2.33. The molecule has 1 aliphatic heterocycles. The van der Waals surface area contributed by atoms with Crippen LogP contribution in [-0.4, -0.2) is 31.1 Å². The highest BCUT2D eigenvalue weighted by molar-refractivity contribution is 9.10. The van der Waals surface area contributed by atoms with Gasteiger partial charge in [0.2, 0.25) is 0 Å². The fraction of sp³-hybridized carbons (Fsp3) is 0.333. The van der Waals surface area contributed by atoms with E-state index in [0.717, 1.165) is 36.2 Å². The lowest BCUT2D eigenvalue weighted by Crippen LogP contribution is -2.45. The first-order valence-electron chi connectivity index (χ1n) is 6.68. The quantitative estimate of drug-likeness (QED) is 0.776. The predicted octanol–water partition coefficient (Wildman–Crippen LogP) is 4.49. The van der Waals surface area contributed by atoms with Crippen molar-refractivity contribution in [1.29, 1.82) is 0 Å². The molecule has 1 aromatic carbocycles. The van der Waals surface area contributed by atoms with Crippen molar-refractivity contribution < 1.29 is 4.39 Å². The highest BCUT2D eigenvalue weighted by atomic mass is 79.9. The van der Waals surface area contributed by atoms with E-state index >= 15 is 0 Å². The van der Waals surface area contributed by atoms with Gasteiger partial charge in [0.15, 0.2) is 0 Å². The summed E-state index contributed by atoms with van der Waals surface area (Å²) >= 11 is 5.13. The van der Waals surface area contributed by atoms with E-state index in [1.54, 1.807) is 17.4 Å². The number of hydrogen-bond acceptors (Lipinski definition) is 3. The number of nitrogens with one attached hydrogen (secondary N) is 1. The van der Waals surface area contributed by atoms with E-state index in [0.29, 0.717) is 0 Å². The predicted molar refractivity (Wildman–Crippen MR) is 99.2 cm³/mol. The Morgan fingerprint density at radius 1 is 1.18 bits per heavy atom. The minimum atomic E-state index is -0.189. The normalized spacial score (nSPS) is 16.5. The maximum atomic E-state index is 13.7. The summed E-state index contributed by atoms with van der Waals surface area (Å²) < 4.78 is 14.5. The Hall–Kier alpha value is -0.170. The van der Waals surface area contributed by atoms with Crippen molar-refractivity contribution in [1.82, 2.24) is 10.2 Å². The Kier molecular flexibility index (Phi) is 8.32. The van der Waals surface area contributed by atoms with Gasteiger partial charge in [0.25, 0.3) is 0 Å². The van der Waals surface area contributed by atoms with E-state index in [9.17, 15) is 4.39 Å². The molecule has 0 amide bonds. The van der Waals surface area contributed by atoms with Crippen LogP contribution in [0, 0.1) is 5.82 Å². The van der Waals surface area contributed by atoms with Crippen molar-refractivity contribution in [2.75, 3.05) is 26.2 Å². The van der Waals surface area contributed by atoms with Gasteiger partial charge in [0.05, 0.1) is 6.04 Å². The van der Waals surface area contributed by atoms with E-state index in [1.807, 2.05) is 6.07 Å². The van der Waals surface area contributed by atoms with Crippen LogP contribution in [0.25, 0.3) is 0 Å². The molecule has 0 aliphatic carbocycles. The SMILES string of the molecule is Cl.Cl.Fc1cc(Br)cc([C@H](c2cccs2)N2CCNCC2)c1. The molecule has 1 saturated heterocycles.